The molecule has 0 aliphatic heterocycles. The van der Waals surface area contributed by atoms with Crippen molar-refractivity contribution in [1.82, 2.24) is 4.98 Å². The number of ether oxygens (including phenoxy) is 1. The molecule has 1 saturated carbocycles. The lowest BCUT2D eigenvalue weighted by atomic mass is 9.72. The van der Waals surface area contributed by atoms with Crippen LogP contribution in [0.15, 0.2) is 16.7 Å². The van der Waals surface area contributed by atoms with Crippen molar-refractivity contribution in [3.8, 4) is 5.75 Å². The van der Waals surface area contributed by atoms with E-state index in [1.54, 1.807) is 12.3 Å². The highest BCUT2D eigenvalue weighted by atomic mass is 79.9. The van der Waals surface area contributed by atoms with E-state index < -0.39 is 18.8 Å². The molecular formula is C14H17BrClF2NO. The molecule has 2 rings (SSSR count). The Balaban J connectivity index is 1.86. The summed E-state index contributed by atoms with van der Waals surface area (Å²) in [6.07, 6.45) is 4.36. The first-order chi connectivity index (χ1) is 9.58. The SMILES string of the molecule is FCC1(CF)CCC(COc2cc(Cl)ncc2Br)CC1. The third kappa shape index (κ3) is 3.82. The molecule has 0 radical (unpaired) electrons. The van der Waals surface area contributed by atoms with Gasteiger partial charge in [-0.05, 0) is 47.5 Å². The molecule has 2 nitrogen and oxygen atoms in total. The predicted octanol–water partition coefficient (Wildman–Crippen LogP) is 4.99. The molecule has 0 unspecified atom stereocenters. The Morgan fingerprint density at radius 3 is 2.60 bits per heavy atom. The molecule has 0 spiro atoms. The molecule has 0 atom stereocenters. The van der Waals surface area contributed by atoms with Crippen LogP contribution in [0.25, 0.3) is 0 Å². The van der Waals surface area contributed by atoms with E-state index in [0.29, 0.717) is 36.3 Å². The Hall–Kier alpha value is -0.420. The average Bonchev–Trinajstić information content (AvgIpc) is 2.49. The molecular weight excluding hydrogens is 352 g/mol. The Morgan fingerprint density at radius 1 is 1.35 bits per heavy atom. The third-order valence-corrected chi connectivity index (χ3v) is 4.80. The molecule has 1 aromatic heterocycles. The number of rotatable bonds is 5. The summed E-state index contributed by atoms with van der Waals surface area (Å²) in [6.45, 7) is -0.598. The van der Waals surface area contributed by atoms with E-state index in [0.717, 1.165) is 17.3 Å². The van der Waals surface area contributed by atoms with Crippen LogP contribution in [0.5, 0.6) is 5.75 Å². The maximum absolute atomic E-state index is 12.9. The van der Waals surface area contributed by atoms with Crippen LogP contribution in [0, 0.1) is 11.3 Å². The van der Waals surface area contributed by atoms with Gasteiger partial charge in [0, 0.05) is 17.7 Å². The molecule has 1 aliphatic carbocycles. The van der Waals surface area contributed by atoms with Crippen molar-refractivity contribution in [2.45, 2.75) is 25.7 Å². The van der Waals surface area contributed by atoms with E-state index in [9.17, 15) is 8.78 Å². The van der Waals surface area contributed by atoms with E-state index in [2.05, 4.69) is 20.9 Å². The second-order valence-electron chi connectivity index (χ2n) is 5.46. The van der Waals surface area contributed by atoms with Crippen molar-refractivity contribution in [1.29, 1.82) is 0 Å². The van der Waals surface area contributed by atoms with Gasteiger partial charge in [-0.15, -0.1) is 0 Å². The molecule has 6 heteroatoms. The predicted molar refractivity (Wildman–Crippen MR) is 78.8 cm³/mol. The maximum atomic E-state index is 12.9. The summed E-state index contributed by atoms with van der Waals surface area (Å²) < 4.78 is 32.3. The number of halogens is 4. The summed E-state index contributed by atoms with van der Waals surface area (Å²) in [4.78, 5) is 3.93. The van der Waals surface area contributed by atoms with Crippen LogP contribution in [0.2, 0.25) is 5.15 Å². The quantitative estimate of drug-likeness (QED) is 0.683. The van der Waals surface area contributed by atoms with Crippen molar-refractivity contribution >= 4 is 27.5 Å². The van der Waals surface area contributed by atoms with Gasteiger partial charge in [-0.3, -0.25) is 8.78 Å². The zero-order valence-corrected chi connectivity index (χ0v) is 13.4. The minimum atomic E-state index is -0.739. The lowest BCUT2D eigenvalue weighted by molar-refractivity contribution is 0.0640. The normalized spacial score (nSPS) is 19.0. The summed E-state index contributed by atoms with van der Waals surface area (Å²) in [5.41, 5.74) is -0.739. The number of hydrogen-bond acceptors (Lipinski definition) is 2. The Kier molecular flexibility index (Phi) is 5.61. The van der Waals surface area contributed by atoms with Crippen molar-refractivity contribution in [3.63, 3.8) is 0 Å². The van der Waals surface area contributed by atoms with Crippen LogP contribution in [0.4, 0.5) is 8.78 Å². The van der Waals surface area contributed by atoms with Crippen molar-refractivity contribution < 1.29 is 13.5 Å². The molecule has 1 aromatic rings. The van der Waals surface area contributed by atoms with Crippen LogP contribution in [0.3, 0.4) is 0 Å². The Bertz CT molecular complexity index is 447. The van der Waals surface area contributed by atoms with Gasteiger partial charge in [0.25, 0.3) is 0 Å². The van der Waals surface area contributed by atoms with Crippen LogP contribution < -0.4 is 4.74 Å². The van der Waals surface area contributed by atoms with Gasteiger partial charge in [-0.1, -0.05) is 11.6 Å². The van der Waals surface area contributed by atoms with Gasteiger partial charge >= 0.3 is 0 Å². The number of nitrogens with zero attached hydrogens (tertiary/aromatic N) is 1. The van der Waals surface area contributed by atoms with E-state index in [1.165, 1.54) is 0 Å². The van der Waals surface area contributed by atoms with Crippen LogP contribution in [-0.2, 0) is 0 Å². The lowest BCUT2D eigenvalue weighted by Gasteiger charge is -2.35. The molecule has 1 fully saturated rings. The van der Waals surface area contributed by atoms with Gasteiger partial charge in [0.1, 0.15) is 10.9 Å². The first-order valence-corrected chi connectivity index (χ1v) is 7.81. The summed E-state index contributed by atoms with van der Waals surface area (Å²) >= 11 is 9.17. The van der Waals surface area contributed by atoms with Crippen molar-refractivity contribution in [3.05, 3.63) is 21.9 Å². The lowest BCUT2D eigenvalue weighted by Crippen LogP contribution is -2.33. The number of aromatic nitrogens is 1. The van der Waals surface area contributed by atoms with Gasteiger partial charge in [-0.25, -0.2) is 4.98 Å². The van der Waals surface area contributed by atoms with Gasteiger partial charge < -0.3 is 4.74 Å². The molecule has 0 amide bonds. The van der Waals surface area contributed by atoms with E-state index in [4.69, 9.17) is 16.3 Å². The number of pyridine rings is 1. The van der Waals surface area contributed by atoms with Gasteiger partial charge in [0.15, 0.2) is 0 Å². The molecule has 0 bridgehead atoms. The Labute approximate surface area is 131 Å². The largest absolute Gasteiger partial charge is 0.492 e. The molecule has 0 aromatic carbocycles. The van der Waals surface area contributed by atoms with Crippen LogP contribution in [-0.4, -0.2) is 24.9 Å². The van der Waals surface area contributed by atoms with E-state index in [-0.39, 0.29) is 0 Å². The first kappa shape index (κ1) is 16.0. The molecule has 1 aliphatic rings. The van der Waals surface area contributed by atoms with Gasteiger partial charge in [0.2, 0.25) is 0 Å². The van der Waals surface area contributed by atoms with Gasteiger partial charge in [-0.2, -0.15) is 0 Å². The summed E-state index contributed by atoms with van der Waals surface area (Å²) in [6, 6.07) is 1.65. The summed E-state index contributed by atoms with van der Waals surface area (Å²) in [5.74, 6) is 0.984. The minimum absolute atomic E-state index is 0.333. The fourth-order valence-corrected chi connectivity index (χ4v) is 2.95. The third-order valence-electron chi connectivity index (χ3n) is 3.99. The first-order valence-electron chi connectivity index (χ1n) is 6.64. The van der Waals surface area contributed by atoms with Crippen molar-refractivity contribution in [2.75, 3.05) is 20.0 Å². The smallest absolute Gasteiger partial charge is 0.138 e. The summed E-state index contributed by atoms with van der Waals surface area (Å²) in [7, 11) is 0. The highest BCUT2D eigenvalue weighted by Gasteiger charge is 2.35. The Morgan fingerprint density at radius 2 is 2.00 bits per heavy atom. The molecule has 20 heavy (non-hydrogen) atoms. The maximum Gasteiger partial charge on any atom is 0.138 e. The summed E-state index contributed by atoms with van der Waals surface area (Å²) in [5, 5.41) is 0.376. The second-order valence-corrected chi connectivity index (χ2v) is 6.70. The van der Waals surface area contributed by atoms with Crippen molar-refractivity contribution in [2.24, 2.45) is 11.3 Å². The molecule has 112 valence electrons. The zero-order chi connectivity index (χ0) is 14.6. The highest BCUT2D eigenvalue weighted by molar-refractivity contribution is 9.10. The van der Waals surface area contributed by atoms with Gasteiger partial charge in [0.05, 0.1) is 24.4 Å². The fourth-order valence-electron chi connectivity index (χ4n) is 2.47. The minimum Gasteiger partial charge on any atom is -0.492 e. The highest BCUT2D eigenvalue weighted by Crippen LogP contribution is 2.40. The average molecular weight is 369 g/mol. The topological polar surface area (TPSA) is 22.1 Å². The number of alkyl halides is 2. The van der Waals surface area contributed by atoms with Crippen LogP contribution >= 0.6 is 27.5 Å². The zero-order valence-electron chi connectivity index (χ0n) is 11.0. The molecule has 0 N–H and O–H groups in total. The van der Waals surface area contributed by atoms with Crippen LogP contribution in [0.1, 0.15) is 25.7 Å². The fraction of sp³-hybridized carbons (Fsp3) is 0.643. The van der Waals surface area contributed by atoms with E-state index in [1.807, 2.05) is 0 Å². The second kappa shape index (κ2) is 7.03. The number of hydrogen-bond donors (Lipinski definition) is 0. The molecule has 0 saturated heterocycles. The standard InChI is InChI=1S/C14H17BrClF2NO/c15-11-6-19-13(16)5-12(11)20-7-10-1-3-14(8-17,9-18)4-2-10/h5-6,10H,1-4,7-9H2. The monoisotopic (exact) mass is 367 g/mol. The van der Waals surface area contributed by atoms with E-state index >= 15 is 0 Å². The molecule has 1 heterocycles.